The fourth-order valence-electron chi connectivity index (χ4n) is 5.00. The van der Waals surface area contributed by atoms with Gasteiger partial charge >= 0.3 is 0 Å². The smallest absolute Gasteiger partial charge is 0.243 e. The van der Waals surface area contributed by atoms with Crippen LogP contribution in [0.1, 0.15) is 47.8 Å². The Morgan fingerprint density at radius 2 is 1.57 bits per heavy atom. The summed E-state index contributed by atoms with van der Waals surface area (Å²) in [6.45, 7) is 13.4. The molecular formula is C25H31NO3S. The topological polar surface area (TPSA) is 46.6 Å². The summed E-state index contributed by atoms with van der Waals surface area (Å²) >= 11 is 0. The monoisotopic (exact) mass is 425 g/mol. The highest BCUT2D eigenvalue weighted by Crippen LogP contribution is 2.45. The van der Waals surface area contributed by atoms with Gasteiger partial charge in [-0.25, -0.2) is 8.42 Å². The first-order valence-corrected chi connectivity index (χ1v) is 12.0. The van der Waals surface area contributed by atoms with Crippen LogP contribution in [0.15, 0.2) is 52.9 Å². The number of sulfonamides is 1. The lowest BCUT2D eigenvalue weighted by atomic mass is 9.81. The number of rotatable bonds is 3. The minimum Gasteiger partial charge on any atom is -0.363 e. The molecule has 5 heteroatoms. The predicted octanol–water partition coefficient (Wildman–Crippen LogP) is 5.02. The summed E-state index contributed by atoms with van der Waals surface area (Å²) in [5, 5.41) is 0. The molecule has 0 aromatic heterocycles. The van der Waals surface area contributed by atoms with Crippen LogP contribution < -0.4 is 0 Å². The molecule has 2 aromatic carbocycles. The first-order valence-electron chi connectivity index (χ1n) is 10.5. The quantitative estimate of drug-likeness (QED) is 0.649. The molecular weight excluding hydrogens is 394 g/mol. The molecule has 0 unspecified atom stereocenters. The van der Waals surface area contributed by atoms with Crippen LogP contribution in [0.2, 0.25) is 0 Å². The molecule has 0 radical (unpaired) electrons. The van der Waals surface area contributed by atoms with Crippen LogP contribution >= 0.6 is 0 Å². The Morgan fingerprint density at radius 3 is 2.17 bits per heavy atom. The van der Waals surface area contributed by atoms with Crippen molar-refractivity contribution < 1.29 is 13.2 Å². The Kier molecular flexibility index (Phi) is 5.20. The number of nitrogens with zero attached hydrogens (tertiary/aromatic N) is 1. The highest BCUT2D eigenvalue weighted by Gasteiger charge is 2.47. The van der Waals surface area contributed by atoms with Gasteiger partial charge in [0, 0.05) is 19.0 Å². The molecule has 0 bridgehead atoms. The average molecular weight is 426 g/mol. The molecule has 0 N–H and O–H groups in total. The van der Waals surface area contributed by atoms with Crippen LogP contribution in [-0.2, 0) is 14.8 Å². The Bertz CT molecular complexity index is 1090. The third-order valence-corrected chi connectivity index (χ3v) is 8.34. The van der Waals surface area contributed by atoms with E-state index in [1.54, 1.807) is 16.4 Å². The zero-order valence-corrected chi connectivity index (χ0v) is 19.5. The second-order valence-corrected chi connectivity index (χ2v) is 11.3. The number of hydrogen-bond acceptors (Lipinski definition) is 3. The van der Waals surface area contributed by atoms with E-state index in [2.05, 4.69) is 52.8 Å². The third kappa shape index (κ3) is 3.64. The van der Waals surface area contributed by atoms with Gasteiger partial charge in [0.25, 0.3) is 0 Å². The molecule has 0 saturated carbocycles. The number of benzene rings is 2. The lowest BCUT2D eigenvalue weighted by Crippen LogP contribution is -2.41. The highest BCUT2D eigenvalue weighted by atomic mass is 32.2. The van der Waals surface area contributed by atoms with Gasteiger partial charge in [0.15, 0.2) is 0 Å². The van der Waals surface area contributed by atoms with Gasteiger partial charge in [-0.3, -0.25) is 0 Å². The number of fused-ring (bicyclic) bond motifs is 1. The normalized spacial score (nSPS) is 23.9. The molecule has 30 heavy (non-hydrogen) atoms. The van der Waals surface area contributed by atoms with Crippen LogP contribution in [0.4, 0.5) is 0 Å². The van der Waals surface area contributed by atoms with Crippen LogP contribution in [-0.4, -0.2) is 31.4 Å². The molecule has 1 saturated heterocycles. The molecule has 4 nitrogen and oxygen atoms in total. The predicted molar refractivity (Wildman–Crippen MR) is 120 cm³/mol. The van der Waals surface area contributed by atoms with Gasteiger partial charge in [-0.05, 0) is 75.9 Å². The lowest BCUT2D eigenvalue weighted by molar-refractivity contribution is -0.0893. The standard InChI is InChI=1S/C25H31NO3S/c1-16-7-9-21(10-8-16)30(27,28)26-14-20-13-23(29-25(5,6)22(20)15-26)24-18(3)11-17(2)12-19(24)4/h7-13,22-23H,14-15H2,1-6H3/t22-,23+/m1/s1. The van der Waals surface area contributed by atoms with Gasteiger partial charge < -0.3 is 4.74 Å². The van der Waals surface area contributed by atoms with Crippen molar-refractivity contribution in [2.24, 2.45) is 5.92 Å². The van der Waals surface area contributed by atoms with Gasteiger partial charge in [-0.2, -0.15) is 4.31 Å². The lowest BCUT2D eigenvalue weighted by Gasteiger charge is -2.40. The Balaban J connectivity index is 1.70. The molecule has 2 heterocycles. The number of hydrogen-bond donors (Lipinski definition) is 0. The van der Waals surface area contributed by atoms with E-state index in [1.807, 2.05) is 19.1 Å². The number of ether oxygens (including phenoxy) is 1. The zero-order chi connectivity index (χ0) is 21.8. The first-order chi connectivity index (χ1) is 14.0. The minimum atomic E-state index is -3.53. The van der Waals surface area contributed by atoms with Gasteiger partial charge in [-0.15, -0.1) is 0 Å². The molecule has 2 aromatic rings. The van der Waals surface area contributed by atoms with Crippen LogP contribution in [0.5, 0.6) is 0 Å². The van der Waals surface area contributed by atoms with E-state index in [1.165, 1.54) is 22.3 Å². The fraction of sp³-hybridized carbons (Fsp3) is 0.440. The third-order valence-electron chi connectivity index (χ3n) is 6.51. The van der Waals surface area contributed by atoms with Gasteiger partial charge in [0.05, 0.1) is 10.5 Å². The van der Waals surface area contributed by atoms with Gasteiger partial charge in [-0.1, -0.05) is 41.5 Å². The van der Waals surface area contributed by atoms with Crippen molar-refractivity contribution in [3.05, 3.63) is 75.9 Å². The maximum absolute atomic E-state index is 13.3. The molecule has 2 aliphatic rings. The van der Waals surface area contributed by atoms with Gasteiger partial charge in [0.2, 0.25) is 10.0 Å². The maximum Gasteiger partial charge on any atom is 0.243 e. The SMILES string of the molecule is Cc1ccc(S(=O)(=O)N2CC3=C[C@@H](c4c(C)cc(C)cc4C)OC(C)(C)[C@@H]3C2)cc1. The summed E-state index contributed by atoms with van der Waals surface area (Å²) in [4.78, 5) is 0.354. The summed E-state index contributed by atoms with van der Waals surface area (Å²) in [6, 6.07) is 11.5. The molecule has 0 spiro atoms. The summed E-state index contributed by atoms with van der Waals surface area (Å²) < 4.78 is 34.7. The van der Waals surface area contributed by atoms with Crippen molar-refractivity contribution >= 4 is 10.0 Å². The Labute approximate surface area is 180 Å². The molecule has 2 atom stereocenters. The van der Waals surface area contributed by atoms with Crippen LogP contribution in [0.3, 0.4) is 0 Å². The zero-order valence-electron chi connectivity index (χ0n) is 18.7. The summed E-state index contributed by atoms with van der Waals surface area (Å²) in [5.74, 6) is 0.0556. The average Bonchev–Trinajstić information content (AvgIpc) is 3.07. The van der Waals surface area contributed by atoms with Crippen molar-refractivity contribution in [1.29, 1.82) is 0 Å². The van der Waals surface area contributed by atoms with E-state index in [4.69, 9.17) is 4.74 Å². The van der Waals surface area contributed by atoms with E-state index in [0.29, 0.717) is 18.0 Å². The van der Waals surface area contributed by atoms with Crippen molar-refractivity contribution in [3.8, 4) is 0 Å². The van der Waals surface area contributed by atoms with Crippen molar-refractivity contribution in [1.82, 2.24) is 4.31 Å². The molecule has 1 fully saturated rings. The Hall–Kier alpha value is -1.95. The second kappa shape index (κ2) is 7.33. The largest absolute Gasteiger partial charge is 0.363 e. The van der Waals surface area contributed by atoms with Crippen molar-refractivity contribution in [2.75, 3.05) is 13.1 Å². The summed E-state index contributed by atoms with van der Waals surface area (Å²) in [7, 11) is -3.53. The van der Waals surface area contributed by atoms with E-state index in [0.717, 1.165) is 11.1 Å². The van der Waals surface area contributed by atoms with E-state index >= 15 is 0 Å². The summed E-state index contributed by atoms with van der Waals surface area (Å²) in [6.07, 6.45) is 2.00. The summed E-state index contributed by atoms with van der Waals surface area (Å²) in [5.41, 5.74) is 6.62. The molecule has 160 valence electrons. The molecule has 0 amide bonds. The maximum atomic E-state index is 13.3. The van der Waals surface area contributed by atoms with Gasteiger partial charge in [0.1, 0.15) is 6.10 Å². The van der Waals surface area contributed by atoms with E-state index < -0.39 is 15.6 Å². The first kappa shape index (κ1) is 21.3. The van der Waals surface area contributed by atoms with E-state index in [-0.39, 0.29) is 12.0 Å². The van der Waals surface area contributed by atoms with Crippen LogP contribution in [0.25, 0.3) is 0 Å². The van der Waals surface area contributed by atoms with Crippen molar-refractivity contribution in [3.63, 3.8) is 0 Å². The highest BCUT2D eigenvalue weighted by molar-refractivity contribution is 7.89. The van der Waals surface area contributed by atoms with Crippen LogP contribution in [0, 0.1) is 33.6 Å². The molecule has 2 aliphatic heterocycles. The van der Waals surface area contributed by atoms with Crippen molar-refractivity contribution in [2.45, 2.75) is 58.1 Å². The molecule has 0 aliphatic carbocycles. The second-order valence-electron chi connectivity index (χ2n) is 9.36. The minimum absolute atomic E-state index is 0.0556. The number of aryl methyl sites for hydroxylation is 4. The van der Waals surface area contributed by atoms with E-state index in [9.17, 15) is 8.42 Å². The Morgan fingerprint density at radius 1 is 0.967 bits per heavy atom. The fourth-order valence-corrected chi connectivity index (χ4v) is 6.44. The molecule has 4 rings (SSSR count).